The van der Waals surface area contributed by atoms with Crippen LogP contribution in [0.3, 0.4) is 0 Å². The molecule has 1 saturated heterocycles. The van der Waals surface area contributed by atoms with Crippen LogP contribution >= 0.6 is 0 Å². The molecule has 4 aromatic rings. The highest BCUT2D eigenvalue weighted by Crippen LogP contribution is 2.25. The van der Waals surface area contributed by atoms with Gasteiger partial charge in [-0.3, -0.25) is 9.88 Å². The van der Waals surface area contributed by atoms with E-state index in [0.717, 1.165) is 36.7 Å². The van der Waals surface area contributed by atoms with Gasteiger partial charge in [0, 0.05) is 25.2 Å². The fraction of sp³-hybridized carbons (Fsp3) is 0.292. The number of benzene rings is 2. The lowest BCUT2D eigenvalue weighted by Gasteiger charge is -2.32. The number of rotatable bonds is 5. The zero-order valence-electron chi connectivity index (χ0n) is 17.4. The predicted octanol–water partition coefficient (Wildman–Crippen LogP) is 4.23. The van der Waals surface area contributed by atoms with E-state index in [1.54, 1.807) is 18.5 Å². The maximum absolute atomic E-state index is 13.6. The lowest BCUT2D eigenvalue weighted by molar-refractivity contribution is -0.0360. The van der Waals surface area contributed by atoms with Gasteiger partial charge in [-0.2, -0.15) is 0 Å². The minimum absolute atomic E-state index is 0.186. The van der Waals surface area contributed by atoms with Gasteiger partial charge in [-0.05, 0) is 31.2 Å². The molecule has 1 aliphatic rings. The fourth-order valence-corrected chi connectivity index (χ4v) is 4.15. The standard InChI is InChI=1S/C24H24FN5O/c1-2-30-22-9-4-3-8-19(22)28-24(30)16-29-10-11-31-23(15-29)21-14-26-13-20(27-21)17-6-5-7-18(25)12-17/h3-9,12-14,23H,2,10-11,15-16H2,1H3/t23-/m0/s1. The van der Waals surface area contributed by atoms with Crippen molar-refractivity contribution in [1.29, 1.82) is 0 Å². The molecule has 0 aliphatic carbocycles. The first kappa shape index (κ1) is 19.8. The monoisotopic (exact) mass is 417 g/mol. The predicted molar refractivity (Wildman–Crippen MR) is 117 cm³/mol. The Bertz CT molecular complexity index is 1210. The van der Waals surface area contributed by atoms with Gasteiger partial charge in [-0.25, -0.2) is 14.4 Å². The van der Waals surface area contributed by atoms with Gasteiger partial charge in [0.2, 0.25) is 0 Å². The van der Waals surface area contributed by atoms with Gasteiger partial charge < -0.3 is 9.30 Å². The van der Waals surface area contributed by atoms with Crippen LogP contribution < -0.4 is 0 Å². The second kappa shape index (κ2) is 8.53. The van der Waals surface area contributed by atoms with E-state index in [2.05, 4.69) is 39.6 Å². The molecule has 0 N–H and O–H groups in total. The molecule has 31 heavy (non-hydrogen) atoms. The van der Waals surface area contributed by atoms with Crippen LogP contribution in [0.4, 0.5) is 4.39 Å². The van der Waals surface area contributed by atoms with Crippen LogP contribution in [-0.2, 0) is 17.8 Å². The number of halogens is 1. The molecule has 0 amide bonds. The third-order valence-corrected chi connectivity index (χ3v) is 5.67. The molecule has 0 bridgehead atoms. The van der Waals surface area contributed by atoms with Crippen LogP contribution in [-0.4, -0.2) is 44.1 Å². The Hall–Kier alpha value is -3.16. The minimum atomic E-state index is -0.288. The Balaban J connectivity index is 1.36. The van der Waals surface area contributed by atoms with Crippen molar-refractivity contribution in [2.24, 2.45) is 0 Å². The van der Waals surface area contributed by atoms with Crippen molar-refractivity contribution in [1.82, 2.24) is 24.4 Å². The maximum atomic E-state index is 13.6. The summed E-state index contributed by atoms with van der Waals surface area (Å²) in [4.78, 5) is 16.2. The van der Waals surface area contributed by atoms with Gasteiger partial charge in [0.15, 0.2) is 0 Å². The van der Waals surface area contributed by atoms with E-state index in [1.165, 1.54) is 17.6 Å². The van der Waals surface area contributed by atoms with E-state index >= 15 is 0 Å². The van der Waals surface area contributed by atoms with E-state index in [4.69, 9.17) is 14.7 Å². The van der Waals surface area contributed by atoms with Gasteiger partial charge >= 0.3 is 0 Å². The lowest BCUT2D eigenvalue weighted by Crippen LogP contribution is -2.38. The van der Waals surface area contributed by atoms with Crippen LogP contribution in [0, 0.1) is 5.82 Å². The molecule has 6 nitrogen and oxygen atoms in total. The van der Waals surface area contributed by atoms with Crippen LogP contribution in [0.15, 0.2) is 60.9 Å². The second-order valence-electron chi connectivity index (χ2n) is 7.70. The summed E-state index contributed by atoms with van der Waals surface area (Å²) in [7, 11) is 0. The number of ether oxygens (including phenoxy) is 1. The Morgan fingerprint density at radius 3 is 2.87 bits per heavy atom. The molecule has 1 atom stereocenters. The molecule has 2 aromatic carbocycles. The van der Waals surface area contributed by atoms with E-state index in [-0.39, 0.29) is 11.9 Å². The molecule has 0 unspecified atom stereocenters. The summed E-state index contributed by atoms with van der Waals surface area (Å²) in [6, 6.07) is 14.6. The molecule has 0 radical (unpaired) electrons. The molecular formula is C24H24FN5O. The van der Waals surface area contributed by atoms with Crippen molar-refractivity contribution in [3.05, 3.63) is 78.3 Å². The first-order chi connectivity index (χ1) is 15.2. The summed E-state index contributed by atoms with van der Waals surface area (Å²) in [6.07, 6.45) is 3.20. The van der Waals surface area contributed by atoms with Gasteiger partial charge in [0.05, 0.1) is 48.0 Å². The number of nitrogens with zero attached hydrogens (tertiary/aromatic N) is 5. The number of aromatic nitrogens is 4. The zero-order valence-corrected chi connectivity index (χ0v) is 17.4. The maximum Gasteiger partial charge on any atom is 0.124 e. The van der Waals surface area contributed by atoms with E-state index in [0.29, 0.717) is 24.4 Å². The van der Waals surface area contributed by atoms with Gasteiger partial charge in [0.1, 0.15) is 17.7 Å². The zero-order chi connectivity index (χ0) is 21.2. The average molecular weight is 417 g/mol. The van der Waals surface area contributed by atoms with E-state index in [1.807, 2.05) is 12.1 Å². The number of hydrogen-bond donors (Lipinski definition) is 0. The highest BCUT2D eigenvalue weighted by Gasteiger charge is 2.25. The Labute approximate surface area is 180 Å². The van der Waals surface area contributed by atoms with Crippen molar-refractivity contribution in [3.63, 3.8) is 0 Å². The van der Waals surface area contributed by atoms with Gasteiger partial charge in [-0.1, -0.05) is 24.3 Å². The van der Waals surface area contributed by atoms with Gasteiger partial charge in [0.25, 0.3) is 0 Å². The third-order valence-electron chi connectivity index (χ3n) is 5.67. The molecule has 2 aromatic heterocycles. The lowest BCUT2D eigenvalue weighted by atomic mass is 10.1. The molecule has 7 heteroatoms. The largest absolute Gasteiger partial charge is 0.369 e. The van der Waals surface area contributed by atoms with Gasteiger partial charge in [-0.15, -0.1) is 0 Å². The van der Waals surface area contributed by atoms with Crippen molar-refractivity contribution < 1.29 is 9.13 Å². The molecule has 3 heterocycles. The van der Waals surface area contributed by atoms with Crippen LogP contribution in [0.5, 0.6) is 0 Å². The molecule has 1 aliphatic heterocycles. The Kier molecular flexibility index (Phi) is 5.44. The van der Waals surface area contributed by atoms with Crippen molar-refractivity contribution >= 4 is 11.0 Å². The molecule has 1 fully saturated rings. The number of aryl methyl sites for hydroxylation is 1. The summed E-state index contributed by atoms with van der Waals surface area (Å²) in [5.41, 5.74) is 4.30. The third kappa shape index (κ3) is 4.06. The summed E-state index contributed by atoms with van der Waals surface area (Å²) >= 11 is 0. The number of imidazole rings is 1. The second-order valence-corrected chi connectivity index (χ2v) is 7.70. The van der Waals surface area contributed by atoms with E-state index < -0.39 is 0 Å². The number of fused-ring (bicyclic) bond motifs is 1. The van der Waals surface area contributed by atoms with Crippen LogP contribution in [0.1, 0.15) is 24.5 Å². The quantitative estimate of drug-likeness (QED) is 0.487. The first-order valence-corrected chi connectivity index (χ1v) is 10.6. The van der Waals surface area contributed by atoms with Crippen LogP contribution in [0.2, 0.25) is 0 Å². The molecule has 158 valence electrons. The molecular weight excluding hydrogens is 393 g/mol. The normalized spacial score (nSPS) is 17.3. The summed E-state index contributed by atoms with van der Waals surface area (Å²) in [5, 5.41) is 0. The SMILES string of the molecule is CCn1c(CN2CCO[C@H](c3cncc(-c4cccc(F)c4)n3)C2)nc2ccccc21. The highest BCUT2D eigenvalue weighted by molar-refractivity contribution is 5.75. The summed E-state index contributed by atoms with van der Waals surface area (Å²) in [6.45, 7) is 5.93. The molecule has 0 spiro atoms. The Morgan fingerprint density at radius 1 is 1.10 bits per heavy atom. The van der Waals surface area contributed by atoms with Crippen molar-refractivity contribution in [3.8, 4) is 11.3 Å². The highest BCUT2D eigenvalue weighted by atomic mass is 19.1. The summed E-state index contributed by atoms with van der Waals surface area (Å²) in [5.74, 6) is 0.771. The summed E-state index contributed by atoms with van der Waals surface area (Å²) < 4.78 is 21.9. The van der Waals surface area contributed by atoms with E-state index in [9.17, 15) is 4.39 Å². The fourth-order valence-electron chi connectivity index (χ4n) is 4.15. The molecule has 0 saturated carbocycles. The van der Waals surface area contributed by atoms with Crippen molar-refractivity contribution in [2.75, 3.05) is 19.7 Å². The smallest absolute Gasteiger partial charge is 0.124 e. The first-order valence-electron chi connectivity index (χ1n) is 10.6. The topological polar surface area (TPSA) is 56.1 Å². The molecule has 5 rings (SSSR count). The number of para-hydroxylation sites is 2. The van der Waals surface area contributed by atoms with Crippen molar-refractivity contribution in [2.45, 2.75) is 26.1 Å². The van der Waals surface area contributed by atoms with Crippen LogP contribution in [0.25, 0.3) is 22.3 Å². The number of hydrogen-bond acceptors (Lipinski definition) is 5. The Morgan fingerprint density at radius 2 is 2.00 bits per heavy atom. The minimum Gasteiger partial charge on any atom is -0.369 e. The number of morpholine rings is 1. The average Bonchev–Trinajstić information content (AvgIpc) is 3.16.